The Bertz CT molecular complexity index is 408. The van der Waals surface area contributed by atoms with Crippen LogP contribution >= 0.6 is 15.9 Å². The molecule has 1 unspecified atom stereocenters. The molecule has 5 heteroatoms. The summed E-state index contributed by atoms with van der Waals surface area (Å²) in [5.41, 5.74) is 0. The minimum Gasteiger partial charge on any atom is -0.310 e. The first-order chi connectivity index (χ1) is 7.54. The van der Waals surface area contributed by atoms with Crippen LogP contribution in [0.5, 0.6) is 0 Å². The van der Waals surface area contributed by atoms with E-state index < -0.39 is 5.92 Å². The molecular formula is C11H12BrN3O. The van der Waals surface area contributed by atoms with Crippen LogP contribution in [0.2, 0.25) is 0 Å². The number of anilines is 1. The van der Waals surface area contributed by atoms with Crippen LogP contribution < -0.4 is 5.32 Å². The Morgan fingerprint density at radius 3 is 2.69 bits per heavy atom. The van der Waals surface area contributed by atoms with Gasteiger partial charge in [-0.3, -0.25) is 4.79 Å². The molecule has 1 rings (SSSR count). The third kappa shape index (κ3) is 3.31. The Kier molecular flexibility index (Phi) is 4.44. The predicted molar refractivity (Wildman–Crippen MR) is 64.5 cm³/mol. The summed E-state index contributed by atoms with van der Waals surface area (Å²) in [6.07, 6.45) is 1.59. The molecule has 0 saturated carbocycles. The standard InChI is InChI=1S/C11H12BrN3O/c1-7(2)9(5-13)11(16)15-10-4-3-8(12)6-14-10/h3-4,6-7,9H,1-2H3,(H,14,15,16). The van der Waals surface area contributed by atoms with Gasteiger partial charge in [0, 0.05) is 10.7 Å². The van der Waals surface area contributed by atoms with Crippen molar-refractivity contribution in [3.63, 3.8) is 0 Å². The molecular weight excluding hydrogens is 270 g/mol. The van der Waals surface area contributed by atoms with Crippen LogP contribution in [0.1, 0.15) is 13.8 Å². The van der Waals surface area contributed by atoms with Gasteiger partial charge in [0.05, 0.1) is 6.07 Å². The molecule has 1 aromatic heterocycles. The number of halogens is 1. The predicted octanol–water partition coefficient (Wildman–Crippen LogP) is 2.58. The Labute approximate surface area is 103 Å². The zero-order valence-electron chi connectivity index (χ0n) is 9.07. The molecule has 1 amide bonds. The van der Waals surface area contributed by atoms with Gasteiger partial charge in [-0.05, 0) is 34.0 Å². The Hall–Kier alpha value is -1.41. The van der Waals surface area contributed by atoms with E-state index in [-0.39, 0.29) is 11.8 Å². The van der Waals surface area contributed by atoms with Crippen molar-refractivity contribution in [1.29, 1.82) is 5.26 Å². The van der Waals surface area contributed by atoms with Crippen molar-refractivity contribution in [2.45, 2.75) is 13.8 Å². The number of nitriles is 1. The van der Waals surface area contributed by atoms with Gasteiger partial charge in [-0.15, -0.1) is 0 Å². The van der Waals surface area contributed by atoms with Gasteiger partial charge in [0.2, 0.25) is 5.91 Å². The maximum Gasteiger partial charge on any atom is 0.243 e. The molecule has 1 N–H and O–H groups in total. The lowest BCUT2D eigenvalue weighted by Gasteiger charge is -2.12. The second-order valence-corrected chi connectivity index (χ2v) is 4.62. The second-order valence-electron chi connectivity index (χ2n) is 3.70. The molecule has 0 aliphatic heterocycles. The highest BCUT2D eigenvalue weighted by Gasteiger charge is 2.21. The van der Waals surface area contributed by atoms with Crippen LogP contribution in [0.4, 0.5) is 5.82 Å². The molecule has 0 saturated heterocycles. The summed E-state index contributed by atoms with van der Waals surface area (Å²) < 4.78 is 0.839. The molecule has 0 aliphatic carbocycles. The average molecular weight is 282 g/mol. The zero-order chi connectivity index (χ0) is 12.1. The molecule has 0 aliphatic rings. The van der Waals surface area contributed by atoms with E-state index in [0.717, 1.165) is 4.47 Å². The fourth-order valence-corrected chi connectivity index (χ4v) is 1.40. The molecule has 1 atom stereocenters. The van der Waals surface area contributed by atoms with Gasteiger partial charge in [0.15, 0.2) is 0 Å². The van der Waals surface area contributed by atoms with Crippen LogP contribution in [0.25, 0.3) is 0 Å². The molecule has 0 aromatic carbocycles. The number of nitrogens with one attached hydrogen (secondary N) is 1. The van der Waals surface area contributed by atoms with Gasteiger partial charge in [0.25, 0.3) is 0 Å². The van der Waals surface area contributed by atoms with Crippen molar-refractivity contribution in [1.82, 2.24) is 4.98 Å². The van der Waals surface area contributed by atoms with Crippen LogP contribution in [-0.2, 0) is 4.79 Å². The van der Waals surface area contributed by atoms with Crippen molar-refractivity contribution in [3.05, 3.63) is 22.8 Å². The number of nitrogens with zero attached hydrogens (tertiary/aromatic N) is 2. The van der Waals surface area contributed by atoms with E-state index in [9.17, 15) is 4.79 Å². The number of carbonyl (C=O) groups is 1. The molecule has 1 heterocycles. The summed E-state index contributed by atoms with van der Waals surface area (Å²) in [4.78, 5) is 15.7. The topological polar surface area (TPSA) is 65.8 Å². The Balaban J connectivity index is 2.71. The lowest BCUT2D eigenvalue weighted by atomic mass is 9.97. The van der Waals surface area contributed by atoms with Crippen LogP contribution in [0.15, 0.2) is 22.8 Å². The van der Waals surface area contributed by atoms with Gasteiger partial charge >= 0.3 is 0 Å². The van der Waals surface area contributed by atoms with Gasteiger partial charge in [0.1, 0.15) is 11.7 Å². The van der Waals surface area contributed by atoms with Crippen LogP contribution in [-0.4, -0.2) is 10.9 Å². The maximum absolute atomic E-state index is 11.7. The highest BCUT2D eigenvalue weighted by Crippen LogP contribution is 2.14. The van der Waals surface area contributed by atoms with Crippen molar-refractivity contribution in [2.75, 3.05) is 5.32 Å². The highest BCUT2D eigenvalue weighted by atomic mass is 79.9. The van der Waals surface area contributed by atoms with Crippen LogP contribution in [0, 0.1) is 23.2 Å². The third-order valence-electron chi connectivity index (χ3n) is 2.07. The third-order valence-corrected chi connectivity index (χ3v) is 2.54. The van der Waals surface area contributed by atoms with Crippen molar-refractivity contribution in [2.24, 2.45) is 11.8 Å². The molecule has 16 heavy (non-hydrogen) atoms. The fraction of sp³-hybridized carbons (Fsp3) is 0.364. The number of aromatic nitrogens is 1. The summed E-state index contributed by atoms with van der Waals surface area (Å²) in [5.74, 6) is -0.521. The van der Waals surface area contributed by atoms with Crippen molar-refractivity contribution < 1.29 is 4.79 Å². The lowest BCUT2D eigenvalue weighted by molar-refractivity contribution is -0.119. The molecule has 1 aromatic rings. The highest BCUT2D eigenvalue weighted by molar-refractivity contribution is 9.10. The molecule has 0 fully saturated rings. The Morgan fingerprint density at radius 1 is 1.56 bits per heavy atom. The van der Waals surface area contributed by atoms with Gasteiger partial charge in [-0.25, -0.2) is 4.98 Å². The maximum atomic E-state index is 11.7. The molecule has 0 radical (unpaired) electrons. The second kappa shape index (κ2) is 5.61. The summed E-state index contributed by atoms with van der Waals surface area (Å²) in [5, 5.41) is 11.5. The van der Waals surface area contributed by atoms with E-state index in [1.165, 1.54) is 0 Å². The van der Waals surface area contributed by atoms with Gasteiger partial charge in [-0.1, -0.05) is 13.8 Å². The average Bonchev–Trinajstić information content (AvgIpc) is 2.22. The molecule has 84 valence electrons. The first-order valence-electron chi connectivity index (χ1n) is 4.86. The van der Waals surface area contributed by atoms with Gasteiger partial charge < -0.3 is 5.32 Å². The van der Waals surface area contributed by atoms with E-state index >= 15 is 0 Å². The number of hydrogen-bond acceptors (Lipinski definition) is 3. The van der Waals surface area contributed by atoms with Gasteiger partial charge in [-0.2, -0.15) is 5.26 Å². The smallest absolute Gasteiger partial charge is 0.243 e. The van der Waals surface area contributed by atoms with E-state index in [1.54, 1.807) is 18.3 Å². The summed E-state index contributed by atoms with van der Waals surface area (Å²) in [6.45, 7) is 3.67. The quantitative estimate of drug-likeness (QED) is 0.926. The fourth-order valence-electron chi connectivity index (χ4n) is 1.16. The monoisotopic (exact) mass is 281 g/mol. The largest absolute Gasteiger partial charge is 0.310 e. The number of rotatable bonds is 3. The summed E-state index contributed by atoms with van der Waals surface area (Å²) in [6, 6.07) is 5.44. The van der Waals surface area contributed by atoms with E-state index in [2.05, 4.69) is 26.2 Å². The molecule has 0 bridgehead atoms. The summed E-state index contributed by atoms with van der Waals surface area (Å²) >= 11 is 3.25. The molecule has 0 spiro atoms. The normalized spacial score (nSPS) is 11.9. The minimum absolute atomic E-state index is 0.0135. The van der Waals surface area contributed by atoms with Crippen molar-refractivity contribution in [3.8, 4) is 6.07 Å². The Morgan fingerprint density at radius 2 is 2.25 bits per heavy atom. The first-order valence-corrected chi connectivity index (χ1v) is 5.66. The molecule has 4 nitrogen and oxygen atoms in total. The van der Waals surface area contributed by atoms with Crippen LogP contribution in [0.3, 0.4) is 0 Å². The number of carbonyl (C=O) groups excluding carboxylic acids is 1. The number of hydrogen-bond donors (Lipinski definition) is 1. The SMILES string of the molecule is CC(C)C(C#N)C(=O)Nc1ccc(Br)cn1. The van der Waals surface area contributed by atoms with E-state index in [1.807, 2.05) is 19.9 Å². The first kappa shape index (κ1) is 12.7. The van der Waals surface area contributed by atoms with E-state index in [0.29, 0.717) is 5.82 Å². The minimum atomic E-state index is -0.648. The summed E-state index contributed by atoms with van der Waals surface area (Å²) in [7, 11) is 0. The lowest BCUT2D eigenvalue weighted by Crippen LogP contribution is -2.25. The zero-order valence-corrected chi connectivity index (χ0v) is 10.7. The van der Waals surface area contributed by atoms with E-state index in [4.69, 9.17) is 5.26 Å². The van der Waals surface area contributed by atoms with Crippen molar-refractivity contribution >= 4 is 27.7 Å². The number of pyridine rings is 1. The number of amides is 1.